The molecule has 0 aromatic carbocycles. The predicted molar refractivity (Wildman–Crippen MR) is 110 cm³/mol. The first-order valence-corrected chi connectivity index (χ1v) is 11.1. The third-order valence-corrected chi connectivity index (χ3v) is 7.48. The summed E-state index contributed by atoms with van der Waals surface area (Å²) < 4.78 is 37.6. The number of piperidine rings is 1. The highest BCUT2D eigenvalue weighted by Crippen LogP contribution is 2.60. The molecule has 2 atom stereocenters. The fourth-order valence-electron chi connectivity index (χ4n) is 5.28. The van der Waals surface area contributed by atoms with Gasteiger partial charge in [-0.2, -0.15) is 13.9 Å². The Bertz CT molecular complexity index is 990. The first kappa shape index (κ1) is 19.4. The summed E-state index contributed by atoms with van der Waals surface area (Å²) in [6.07, 6.45) is 6.39. The van der Waals surface area contributed by atoms with Gasteiger partial charge in [-0.3, -0.25) is 9.58 Å². The largest absolute Gasteiger partial charge is 0.431 e. The van der Waals surface area contributed by atoms with Gasteiger partial charge < -0.3 is 15.2 Å². The van der Waals surface area contributed by atoms with E-state index in [2.05, 4.69) is 25.4 Å². The van der Waals surface area contributed by atoms with Crippen molar-refractivity contribution in [3.05, 3.63) is 24.0 Å². The van der Waals surface area contributed by atoms with Crippen LogP contribution in [0.4, 0.5) is 14.6 Å². The van der Waals surface area contributed by atoms with E-state index in [0.717, 1.165) is 45.0 Å². The molecule has 166 valence electrons. The van der Waals surface area contributed by atoms with Crippen molar-refractivity contribution in [2.75, 3.05) is 32.0 Å². The van der Waals surface area contributed by atoms with Crippen LogP contribution in [0.1, 0.15) is 31.4 Å². The second kappa shape index (κ2) is 7.13. The molecule has 2 aromatic heterocycles. The SMILES string of the molecule is Nc1ncc(-c2cc(C34CCN(C5COC5)C[C@@H]3C4)n(CC3CC3)n2)cc1OC(F)F. The average molecular weight is 431 g/mol. The second-order valence-electron chi connectivity index (χ2n) is 9.52. The number of pyridine rings is 1. The minimum absolute atomic E-state index is 0.0464. The Hall–Kier alpha value is -2.26. The monoisotopic (exact) mass is 431 g/mol. The van der Waals surface area contributed by atoms with Crippen molar-refractivity contribution >= 4 is 5.82 Å². The quantitative estimate of drug-likeness (QED) is 0.726. The zero-order valence-electron chi connectivity index (χ0n) is 17.3. The summed E-state index contributed by atoms with van der Waals surface area (Å²) in [6, 6.07) is 4.24. The van der Waals surface area contributed by atoms with Gasteiger partial charge in [-0.05, 0) is 56.2 Å². The van der Waals surface area contributed by atoms with Crippen LogP contribution in [-0.4, -0.2) is 58.6 Å². The van der Waals surface area contributed by atoms with Crippen molar-refractivity contribution in [2.24, 2.45) is 11.8 Å². The average Bonchev–Trinajstić information content (AvgIpc) is 3.59. The molecule has 2 aromatic rings. The molecule has 0 radical (unpaired) electrons. The molecule has 2 aliphatic heterocycles. The Morgan fingerprint density at radius 2 is 2.13 bits per heavy atom. The standard InChI is InChI=1S/C22H27F2N5O2/c23-21(24)31-18-5-14(8-26-20(18)25)17-6-19(29(27-17)9-13-1-2-13)22-3-4-28(10-15(22)7-22)16-11-30-12-16/h5-6,8,13,15-16,21H,1-4,7,9-12H2,(H2,25,26)/t15-,22?/m0/s1. The highest BCUT2D eigenvalue weighted by atomic mass is 19.3. The van der Waals surface area contributed by atoms with Crippen LogP contribution in [-0.2, 0) is 16.7 Å². The molecule has 4 heterocycles. The highest BCUT2D eigenvalue weighted by Gasteiger charge is 2.60. The van der Waals surface area contributed by atoms with Crippen molar-refractivity contribution in [3.8, 4) is 17.0 Å². The van der Waals surface area contributed by atoms with Gasteiger partial charge in [0.15, 0.2) is 11.6 Å². The lowest BCUT2D eigenvalue weighted by atomic mass is 9.90. The lowest BCUT2D eigenvalue weighted by molar-refractivity contribution is -0.0723. The van der Waals surface area contributed by atoms with E-state index in [-0.39, 0.29) is 17.0 Å². The Morgan fingerprint density at radius 1 is 1.29 bits per heavy atom. The topological polar surface area (TPSA) is 78.4 Å². The molecule has 6 rings (SSSR count). The molecule has 31 heavy (non-hydrogen) atoms. The molecule has 4 fully saturated rings. The molecule has 9 heteroatoms. The normalized spacial score (nSPS) is 28.4. The van der Waals surface area contributed by atoms with Crippen LogP contribution in [0, 0.1) is 11.8 Å². The molecule has 2 N–H and O–H groups in total. The summed E-state index contributed by atoms with van der Waals surface area (Å²) in [6.45, 7) is 1.90. The lowest BCUT2D eigenvalue weighted by Gasteiger charge is -2.41. The number of nitrogen functional groups attached to an aromatic ring is 1. The van der Waals surface area contributed by atoms with Gasteiger partial charge in [0, 0.05) is 36.0 Å². The van der Waals surface area contributed by atoms with E-state index in [1.165, 1.54) is 31.0 Å². The maximum absolute atomic E-state index is 12.7. The number of halogens is 2. The third-order valence-electron chi connectivity index (χ3n) is 7.48. The van der Waals surface area contributed by atoms with Crippen molar-refractivity contribution < 1.29 is 18.3 Å². The summed E-state index contributed by atoms with van der Waals surface area (Å²) >= 11 is 0. The third kappa shape index (κ3) is 3.47. The maximum Gasteiger partial charge on any atom is 0.387 e. The van der Waals surface area contributed by atoms with Crippen LogP contribution in [0.3, 0.4) is 0 Å². The van der Waals surface area contributed by atoms with Crippen molar-refractivity contribution in [1.29, 1.82) is 0 Å². The van der Waals surface area contributed by atoms with Gasteiger partial charge >= 0.3 is 6.61 Å². The number of ether oxygens (including phenoxy) is 2. The molecule has 0 amide bonds. The first-order chi connectivity index (χ1) is 15.0. The zero-order chi connectivity index (χ0) is 21.2. The summed E-state index contributed by atoms with van der Waals surface area (Å²) in [4.78, 5) is 6.64. The predicted octanol–water partition coefficient (Wildman–Crippen LogP) is 2.90. The van der Waals surface area contributed by atoms with E-state index in [4.69, 9.17) is 15.6 Å². The number of alkyl halides is 2. The Kier molecular flexibility index (Phi) is 4.47. The number of hydrogen-bond donors (Lipinski definition) is 1. The van der Waals surface area contributed by atoms with E-state index in [1.54, 1.807) is 6.20 Å². The van der Waals surface area contributed by atoms with Crippen LogP contribution in [0.2, 0.25) is 0 Å². The van der Waals surface area contributed by atoms with Crippen molar-refractivity contribution in [1.82, 2.24) is 19.7 Å². The minimum atomic E-state index is -2.94. The number of rotatable bonds is 7. The van der Waals surface area contributed by atoms with Gasteiger partial charge in [-0.1, -0.05) is 0 Å². The summed E-state index contributed by atoms with van der Waals surface area (Å²) in [5.74, 6) is 1.18. The van der Waals surface area contributed by atoms with Crippen LogP contribution in [0.25, 0.3) is 11.3 Å². The zero-order valence-corrected chi connectivity index (χ0v) is 17.3. The fraction of sp³-hybridized carbons (Fsp3) is 0.636. The molecule has 2 saturated heterocycles. The van der Waals surface area contributed by atoms with E-state index in [0.29, 0.717) is 23.4 Å². The molecular formula is C22H27F2N5O2. The number of nitrogens with two attached hydrogens (primary N) is 1. The number of likely N-dealkylation sites (tertiary alicyclic amines) is 1. The Labute approximate surface area is 179 Å². The minimum Gasteiger partial charge on any atom is -0.431 e. The molecule has 7 nitrogen and oxygen atoms in total. The number of aromatic nitrogens is 3. The molecule has 2 saturated carbocycles. The molecule has 0 spiro atoms. The Morgan fingerprint density at radius 3 is 2.81 bits per heavy atom. The van der Waals surface area contributed by atoms with Crippen LogP contribution >= 0.6 is 0 Å². The van der Waals surface area contributed by atoms with Crippen LogP contribution in [0.15, 0.2) is 18.3 Å². The molecule has 4 aliphatic rings. The first-order valence-electron chi connectivity index (χ1n) is 11.1. The maximum atomic E-state index is 12.7. The number of anilines is 1. The smallest absolute Gasteiger partial charge is 0.387 e. The lowest BCUT2D eigenvalue weighted by Crippen LogP contribution is -2.52. The summed E-state index contributed by atoms with van der Waals surface area (Å²) in [5.41, 5.74) is 8.59. The van der Waals surface area contributed by atoms with Crippen LogP contribution < -0.4 is 10.5 Å². The van der Waals surface area contributed by atoms with E-state index < -0.39 is 6.61 Å². The molecule has 2 aliphatic carbocycles. The second-order valence-corrected chi connectivity index (χ2v) is 9.52. The van der Waals surface area contributed by atoms with Gasteiger partial charge in [0.1, 0.15) is 0 Å². The van der Waals surface area contributed by atoms with Crippen molar-refractivity contribution in [2.45, 2.75) is 50.3 Å². The van der Waals surface area contributed by atoms with Gasteiger partial charge in [-0.25, -0.2) is 4.98 Å². The number of fused-ring (bicyclic) bond motifs is 1. The number of hydrogen-bond acceptors (Lipinski definition) is 6. The Balaban J connectivity index is 1.30. The van der Waals surface area contributed by atoms with Crippen molar-refractivity contribution in [3.63, 3.8) is 0 Å². The van der Waals surface area contributed by atoms with Gasteiger partial charge in [0.2, 0.25) is 0 Å². The van der Waals surface area contributed by atoms with Gasteiger partial charge in [0.05, 0.1) is 24.9 Å². The molecule has 0 bridgehead atoms. The van der Waals surface area contributed by atoms with Gasteiger partial charge in [-0.15, -0.1) is 0 Å². The highest BCUT2D eigenvalue weighted by molar-refractivity contribution is 5.64. The summed E-state index contributed by atoms with van der Waals surface area (Å²) in [5, 5.41) is 4.90. The number of nitrogens with zero attached hydrogens (tertiary/aromatic N) is 4. The summed E-state index contributed by atoms with van der Waals surface area (Å²) in [7, 11) is 0. The fourth-order valence-corrected chi connectivity index (χ4v) is 5.28. The van der Waals surface area contributed by atoms with Crippen LogP contribution in [0.5, 0.6) is 5.75 Å². The van der Waals surface area contributed by atoms with E-state index >= 15 is 0 Å². The van der Waals surface area contributed by atoms with Gasteiger partial charge in [0.25, 0.3) is 0 Å². The molecular weight excluding hydrogens is 404 g/mol. The van der Waals surface area contributed by atoms with E-state index in [1.807, 2.05) is 0 Å². The molecule has 1 unspecified atom stereocenters. The van der Waals surface area contributed by atoms with E-state index in [9.17, 15) is 8.78 Å².